The van der Waals surface area contributed by atoms with E-state index in [0.717, 1.165) is 56.1 Å². The summed E-state index contributed by atoms with van der Waals surface area (Å²) in [5, 5.41) is 0. The van der Waals surface area contributed by atoms with E-state index < -0.39 is 0 Å². The first-order valence-corrected chi connectivity index (χ1v) is 11.1. The van der Waals surface area contributed by atoms with Crippen LogP contribution >= 0.6 is 0 Å². The average Bonchev–Trinajstić information content (AvgIpc) is 2.99. The van der Waals surface area contributed by atoms with Crippen molar-refractivity contribution in [2.75, 3.05) is 38.1 Å². The SMILES string of the molecule is Cc1ccc2c(n1)C(C)(C)CN2C(=O)N1CCC(CN(C)Cc2ccccc2)CC1. The molecule has 1 aromatic carbocycles. The van der Waals surface area contributed by atoms with Crippen molar-refractivity contribution in [1.82, 2.24) is 14.8 Å². The number of aromatic nitrogens is 1. The molecular weight excluding hydrogens is 372 g/mol. The Morgan fingerprint density at radius 1 is 1.13 bits per heavy atom. The van der Waals surface area contributed by atoms with E-state index in [1.807, 2.05) is 22.8 Å². The van der Waals surface area contributed by atoms with E-state index in [0.29, 0.717) is 12.5 Å². The molecule has 3 heterocycles. The molecule has 0 atom stereocenters. The molecular formula is C25H34N4O. The first-order valence-electron chi connectivity index (χ1n) is 11.1. The highest BCUT2D eigenvalue weighted by Gasteiger charge is 2.41. The second-order valence-electron chi connectivity index (χ2n) is 9.69. The molecule has 5 heteroatoms. The van der Waals surface area contributed by atoms with Crippen LogP contribution in [0.15, 0.2) is 42.5 Å². The number of piperidine rings is 1. The summed E-state index contributed by atoms with van der Waals surface area (Å²) in [6.45, 7) is 10.8. The monoisotopic (exact) mass is 406 g/mol. The van der Waals surface area contributed by atoms with Gasteiger partial charge in [0.2, 0.25) is 0 Å². The van der Waals surface area contributed by atoms with Gasteiger partial charge in [-0.25, -0.2) is 4.79 Å². The van der Waals surface area contributed by atoms with Gasteiger partial charge in [-0.15, -0.1) is 0 Å². The number of rotatable bonds is 4. The Labute approximate surface area is 180 Å². The molecule has 0 spiro atoms. The van der Waals surface area contributed by atoms with Crippen LogP contribution in [0.5, 0.6) is 0 Å². The molecule has 2 aliphatic heterocycles. The normalized spacial score (nSPS) is 18.7. The molecule has 4 rings (SSSR count). The number of hydrogen-bond donors (Lipinski definition) is 0. The maximum atomic E-state index is 13.3. The van der Waals surface area contributed by atoms with Crippen molar-refractivity contribution in [1.29, 1.82) is 0 Å². The van der Waals surface area contributed by atoms with Crippen LogP contribution in [0.1, 0.15) is 43.6 Å². The van der Waals surface area contributed by atoms with Crippen molar-refractivity contribution in [3.05, 3.63) is 59.4 Å². The van der Waals surface area contributed by atoms with Gasteiger partial charge in [0, 0.05) is 43.8 Å². The number of urea groups is 1. The average molecular weight is 407 g/mol. The van der Waals surface area contributed by atoms with Gasteiger partial charge in [0.05, 0.1) is 11.4 Å². The summed E-state index contributed by atoms with van der Waals surface area (Å²) >= 11 is 0. The zero-order valence-electron chi connectivity index (χ0n) is 18.8. The molecule has 30 heavy (non-hydrogen) atoms. The van der Waals surface area contributed by atoms with Crippen molar-refractivity contribution in [2.24, 2.45) is 5.92 Å². The van der Waals surface area contributed by atoms with Crippen LogP contribution < -0.4 is 4.90 Å². The summed E-state index contributed by atoms with van der Waals surface area (Å²) < 4.78 is 0. The molecule has 2 aromatic rings. The standard InChI is InChI=1S/C25H34N4O/c1-19-10-11-22-23(26-19)25(2,3)18-29(22)24(30)28-14-12-21(13-15-28)17-27(4)16-20-8-6-5-7-9-20/h5-11,21H,12-18H2,1-4H3. The number of pyridine rings is 1. The molecule has 0 aliphatic carbocycles. The van der Waals surface area contributed by atoms with Gasteiger partial charge in [-0.2, -0.15) is 0 Å². The van der Waals surface area contributed by atoms with Gasteiger partial charge in [0.1, 0.15) is 0 Å². The third-order valence-corrected chi connectivity index (χ3v) is 6.48. The summed E-state index contributed by atoms with van der Waals surface area (Å²) in [5.41, 5.74) is 4.30. The number of nitrogens with zero attached hydrogens (tertiary/aromatic N) is 4. The molecule has 0 saturated carbocycles. The number of fused-ring (bicyclic) bond motifs is 1. The Hall–Kier alpha value is -2.40. The molecule has 0 bridgehead atoms. The van der Waals surface area contributed by atoms with Crippen LogP contribution in [0.4, 0.5) is 10.5 Å². The highest BCUT2D eigenvalue weighted by Crippen LogP contribution is 2.40. The van der Waals surface area contributed by atoms with E-state index in [9.17, 15) is 4.79 Å². The van der Waals surface area contributed by atoms with Crippen molar-refractivity contribution < 1.29 is 4.79 Å². The van der Waals surface area contributed by atoms with Crippen LogP contribution in [0.25, 0.3) is 0 Å². The summed E-state index contributed by atoms with van der Waals surface area (Å²) in [5.74, 6) is 0.648. The number of amides is 2. The Balaban J connectivity index is 1.33. The molecule has 5 nitrogen and oxygen atoms in total. The lowest BCUT2D eigenvalue weighted by atomic mass is 9.91. The van der Waals surface area contributed by atoms with E-state index >= 15 is 0 Å². The maximum Gasteiger partial charge on any atom is 0.324 e. The molecule has 1 fully saturated rings. The first kappa shape index (κ1) is 20.9. The number of carbonyl (C=O) groups excluding carboxylic acids is 1. The van der Waals surface area contributed by atoms with Gasteiger partial charge in [-0.05, 0) is 50.4 Å². The zero-order chi connectivity index (χ0) is 21.3. The lowest BCUT2D eigenvalue weighted by molar-refractivity contribution is 0.157. The van der Waals surface area contributed by atoms with Crippen LogP contribution in [0, 0.1) is 12.8 Å². The molecule has 0 N–H and O–H groups in total. The van der Waals surface area contributed by atoms with E-state index in [2.05, 4.69) is 62.2 Å². The lowest BCUT2D eigenvalue weighted by Crippen LogP contribution is -2.48. The second-order valence-corrected chi connectivity index (χ2v) is 9.69. The van der Waals surface area contributed by atoms with Gasteiger partial charge >= 0.3 is 6.03 Å². The summed E-state index contributed by atoms with van der Waals surface area (Å²) in [7, 11) is 2.20. The van der Waals surface area contributed by atoms with Crippen molar-refractivity contribution in [3.63, 3.8) is 0 Å². The molecule has 0 radical (unpaired) electrons. The number of likely N-dealkylation sites (tertiary alicyclic amines) is 1. The van der Waals surface area contributed by atoms with Gasteiger partial charge in [-0.3, -0.25) is 9.88 Å². The smallest absolute Gasteiger partial charge is 0.324 e. The van der Waals surface area contributed by atoms with Crippen LogP contribution in [0.2, 0.25) is 0 Å². The minimum Gasteiger partial charge on any atom is -0.324 e. The fourth-order valence-corrected chi connectivity index (χ4v) is 4.87. The van der Waals surface area contributed by atoms with Crippen LogP contribution in [-0.2, 0) is 12.0 Å². The third-order valence-electron chi connectivity index (χ3n) is 6.48. The molecule has 160 valence electrons. The minimum absolute atomic E-state index is 0.102. The first-order chi connectivity index (χ1) is 14.3. The Morgan fingerprint density at radius 3 is 2.53 bits per heavy atom. The summed E-state index contributed by atoms with van der Waals surface area (Å²) in [6, 6.07) is 14.8. The largest absolute Gasteiger partial charge is 0.324 e. The molecule has 1 saturated heterocycles. The number of aryl methyl sites for hydroxylation is 1. The van der Waals surface area contributed by atoms with Gasteiger partial charge in [0.15, 0.2) is 0 Å². The van der Waals surface area contributed by atoms with Crippen molar-refractivity contribution in [2.45, 2.75) is 45.6 Å². The van der Waals surface area contributed by atoms with E-state index in [4.69, 9.17) is 4.98 Å². The predicted octanol–water partition coefficient (Wildman–Crippen LogP) is 4.45. The van der Waals surface area contributed by atoms with Gasteiger partial charge in [0.25, 0.3) is 0 Å². The van der Waals surface area contributed by atoms with E-state index in [-0.39, 0.29) is 11.4 Å². The predicted molar refractivity (Wildman–Crippen MR) is 122 cm³/mol. The third kappa shape index (κ3) is 4.36. The topological polar surface area (TPSA) is 39.7 Å². The molecule has 2 amide bonds. The van der Waals surface area contributed by atoms with Gasteiger partial charge < -0.3 is 9.80 Å². The van der Waals surface area contributed by atoms with Crippen molar-refractivity contribution in [3.8, 4) is 0 Å². The highest BCUT2D eigenvalue weighted by atomic mass is 16.2. The number of anilines is 1. The lowest BCUT2D eigenvalue weighted by Gasteiger charge is -2.36. The fraction of sp³-hybridized carbons (Fsp3) is 0.520. The van der Waals surface area contributed by atoms with Crippen LogP contribution in [-0.4, -0.2) is 54.0 Å². The molecule has 2 aliphatic rings. The van der Waals surface area contributed by atoms with E-state index in [1.165, 1.54) is 5.56 Å². The maximum absolute atomic E-state index is 13.3. The highest BCUT2D eigenvalue weighted by molar-refractivity contribution is 5.94. The van der Waals surface area contributed by atoms with Crippen LogP contribution in [0.3, 0.4) is 0 Å². The van der Waals surface area contributed by atoms with Crippen molar-refractivity contribution >= 4 is 11.7 Å². The summed E-state index contributed by atoms with van der Waals surface area (Å²) in [4.78, 5) is 24.5. The Kier molecular flexibility index (Phi) is 5.83. The quantitative estimate of drug-likeness (QED) is 0.753. The number of benzene rings is 1. The van der Waals surface area contributed by atoms with Gasteiger partial charge in [-0.1, -0.05) is 44.2 Å². The minimum atomic E-state index is -0.102. The Morgan fingerprint density at radius 2 is 1.83 bits per heavy atom. The zero-order valence-corrected chi connectivity index (χ0v) is 18.8. The fourth-order valence-electron chi connectivity index (χ4n) is 4.87. The number of hydrogen-bond acceptors (Lipinski definition) is 3. The molecule has 1 aromatic heterocycles. The second kappa shape index (κ2) is 8.38. The summed E-state index contributed by atoms with van der Waals surface area (Å²) in [6.07, 6.45) is 2.14. The molecule has 0 unspecified atom stereocenters. The van der Waals surface area contributed by atoms with E-state index in [1.54, 1.807) is 0 Å². The Bertz CT molecular complexity index is 887. The number of carbonyl (C=O) groups is 1.